The first-order chi connectivity index (χ1) is 6.53. The Morgan fingerprint density at radius 3 is 2.53 bits per heavy atom. The van der Waals surface area contributed by atoms with Gasteiger partial charge in [0.2, 0.25) is 0 Å². The van der Waals surface area contributed by atoms with E-state index < -0.39 is 10.4 Å². The third-order valence-corrected chi connectivity index (χ3v) is 1.92. The van der Waals surface area contributed by atoms with Crippen molar-refractivity contribution < 1.29 is 17.2 Å². The van der Waals surface area contributed by atoms with E-state index in [-0.39, 0.29) is 35.3 Å². The second kappa shape index (κ2) is 6.30. The molecule has 0 aliphatic heterocycles. The molecular weight excluding hydrogens is 227 g/mol. The summed E-state index contributed by atoms with van der Waals surface area (Å²) in [7, 11) is -4.45. The monoisotopic (exact) mass is 238 g/mol. The minimum absolute atomic E-state index is 0. The summed E-state index contributed by atoms with van der Waals surface area (Å²) in [5.41, 5.74) is 0.653. The van der Waals surface area contributed by atoms with E-state index in [1.807, 2.05) is 0 Å². The summed E-state index contributed by atoms with van der Waals surface area (Å²) in [6.07, 6.45) is 2.10. The summed E-state index contributed by atoms with van der Waals surface area (Å²) in [6.45, 7) is 3.53. The molecule has 1 rings (SSSR count). The van der Waals surface area contributed by atoms with Gasteiger partial charge in [0, 0.05) is 0 Å². The average molecular weight is 238 g/mol. The predicted molar refractivity (Wildman–Crippen MR) is 59.7 cm³/mol. The van der Waals surface area contributed by atoms with Crippen molar-refractivity contribution in [2.24, 2.45) is 0 Å². The van der Waals surface area contributed by atoms with Crippen LogP contribution in [0.5, 0.6) is 5.75 Å². The van der Waals surface area contributed by atoms with Crippen molar-refractivity contribution in [3.8, 4) is 5.75 Å². The van der Waals surface area contributed by atoms with Crippen LogP contribution in [0.25, 0.3) is 0 Å². The molecule has 0 bridgehead atoms. The molecule has 0 aliphatic carbocycles. The molecule has 6 heteroatoms. The molecule has 0 unspecified atom stereocenters. The standard InChI is InChI=1S/C9H10O4S.Na.H/c1-2-5-8-6-3-4-7-9(8)13-14(10,11)12;;/h2-4,6-7H,1,5H2,(H,10,11,12);;. The van der Waals surface area contributed by atoms with Crippen molar-refractivity contribution >= 4 is 40.0 Å². The summed E-state index contributed by atoms with van der Waals surface area (Å²) in [5.74, 6) is 0.120. The second-order valence-corrected chi connectivity index (χ2v) is 3.63. The van der Waals surface area contributed by atoms with Gasteiger partial charge in [-0.1, -0.05) is 24.3 Å². The molecule has 1 aromatic rings. The molecule has 4 nitrogen and oxygen atoms in total. The van der Waals surface area contributed by atoms with Crippen LogP contribution < -0.4 is 4.18 Å². The van der Waals surface area contributed by atoms with Gasteiger partial charge in [-0.15, -0.1) is 6.58 Å². The SMILES string of the molecule is C=CCc1ccccc1OS(=O)(=O)O.[NaH]. The fourth-order valence-corrected chi connectivity index (χ4v) is 1.41. The number of allylic oxidation sites excluding steroid dienone is 1. The third kappa shape index (κ3) is 5.34. The van der Waals surface area contributed by atoms with Crippen molar-refractivity contribution in [3.05, 3.63) is 42.5 Å². The molecule has 0 fully saturated rings. The molecule has 1 aromatic carbocycles. The summed E-state index contributed by atoms with van der Waals surface area (Å²) < 4.78 is 33.8. The van der Waals surface area contributed by atoms with Crippen molar-refractivity contribution in [3.63, 3.8) is 0 Å². The van der Waals surface area contributed by atoms with Crippen LogP contribution in [0.3, 0.4) is 0 Å². The molecule has 15 heavy (non-hydrogen) atoms. The van der Waals surface area contributed by atoms with Gasteiger partial charge in [0.25, 0.3) is 0 Å². The van der Waals surface area contributed by atoms with E-state index in [9.17, 15) is 8.42 Å². The predicted octanol–water partition coefficient (Wildman–Crippen LogP) is 0.948. The Kier molecular flexibility index (Phi) is 6.16. The number of hydrogen-bond acceptors (Lipinski definition) is 3. The fourth-order valence-electron chi connectivity index (χ4n) is 1.02. The molecular formula is C9H11NaO4S. The van der Waals surface area contributed by atoms with Crippen LogP contribution in [0.15, 0.2) is 36.9 Å². The first-order valence-corrected chi connectivity index (χ1v) is 5.25. The van der Waals surface area contributed by atoms with Crippen LogP contribution in [0.2, 0.25) is 0 Å². The zero-order chi connectivity index (χ0) is 10.6. The van der Waals surface area contributed by atoms with Gasteiger partial charge < -0.3 is 4.18 Å². The first-order valence-electron chi connectivity index (χ1n) is 3.88. The van der Waals surface area contributed by atoms with Crippen molar-refractivity contribution in [2.45, 2.75) is 6.42 Å². The molecule has 0 radical (unpaired) electrons. The Balaban J connectivity index is 0.00000196. The van der Waals surface area contributed by atoms with Crippen molar-refractivity contribution in [1.82, 2.24) is 0 Å². The van der Waals surface area contributed by atoms with Crippen LogP contribution >= 0.6 is 0 Å². The number of hydrogen-bond donors (Lipinski definition) is 1. The summed E-state index contributed by atoms with van der Waals surface area (Å²) in [4.78, 5) is 0. The Morgan fingerprint density at radius 1 is 1.40 bits per heavy atom. The number of rotatable bonds is 4. The van der Waals surface area contributed by atoms with Gasteiger partial charge in [-0.05, 0) is 18.1 Å². The molecule has 0 heterocycles. The van der Waals surface area contributed by atoms with Gasteiger partial charge in [-0.25, -0.2) is 0 Å². The van der Waals surface area contributed by atoms with Crippen LogP contribution in [-0.4, -0.2) is 42.5 Å². The van der Waals surface area contributed by atoms with Crippen LogP contribution in [0.1, 0.15) is 5.56 Å². The number of para-hydroxylation sites is 1. The van der Waals surface area contributed by atoms with Gasteiger partial charge in [-0.2, -0.15) is 8.42 Å². The normalized spacial score (nSPS) is 10.2. The van der Waals surface area contributed by atoms with Crippen LogP contribution in [0, 0.1) is 0 Å². The summed E-state index contributed by atoms with van der Waals surface area (Å²) in [6, 6.07) is 6.53. The Hall–Kier alpha value is -0.330. The van der Waals surface area contributed by atoms with Gasteiger partial charge in [-0.3, -0.25) is 4.55 Å². The molecule has 0 spiro atoms. The molecule has 0 saturated heterocycles. The number of benzene rings is 1. The van der Waals surface area contributed by atoms with E-state index in [2.05, 4.69) is 10.8 Å². The molecule has 0 saturated carbocycles. The Bertz CT molecular complexity index is 427. The zero-order valence-corrected chi connectivity index (χ0v) is 8.20. The molecule has 78 valence electrons. The Morgan fingerprint density at radius 2 is 2.00 bits per heavy atom. The van der Waals surface area contributed by atoms with Crippen LogP contribution in [0.4, 0.5) is 0 Å². The Labute approximate surface area is 111 Å². The van der Waals surface area contributed by atoms with E-state index in [0.29, 0.717) is 12.0 Å². The fraction of sp³-hybridized carbons (Fsp3) is 0.111. The van der Waals surface area contributed by atoms with E-state index in [0.717, 1.165) is 0 Å². The maximum absolute atomic E-state index is 10.5. The molecule has 0 atom stereocenters. The van der Waals surface area contributed by atoms with Gasteiger partial charge in [0.05, 0.1) is 0 Å². The second-order valence-electron chi connectivity index (χ2n) is 2.61. The quantitative estimate of drug-likeness (QED) is 0.482. The summed E-state index contributed by atoms with van der Waals surface area (Å²) in [5, 5.41) is 0. The van der Waals surface area contributed by atoms with Gasteiger partial charge in [0.1, 0.15) is 5.75 Å². The maximum atomic E-state index is 10.5. The molecule has 1 N–H and O–H groups in total. The topological polar surface area (TPSA) is 63.6 Å². The van der Waals surface area contributed by atoms with Gasteiger partial charge in [0.15, 0.2) is 0 Å². The van der Waals surface area contributed by atoms with E-state index in [4.69, 9.17) is 4.55 Å². The van der Waals surface area contributed by atoms with Gasteiger partial charge >= 0.3 is 40.0 Å². The van der Waals surface area contributed by atoms with Crippen molar-refractivity contribution in [2.75, 3.05) is 0 Å². The van der Waals surface area contributed by atoms with E-state index >= 15 is 0 Å². The average Bonchev–Trinajstić information content (AvgIpc) is 2.06. The van der Waals surface area contributed by atoms with E-state index in [1.165, 1.54) is 6.07 Å². The first kappa shape index (κ1) is 14.7. The molecule has 0 amide bonds. The van der Waals surface area contributed by atoms with Crippen LogP contribution in [-0.2, 0) is 16.8 Å². The molecule has 0 aliphatic rings. The van der Waals surface area contributed by atoms with Crippen molar-refractivity contribution in [1.29, 1.82) is 0 Å². The zero-order valence-electron chi connectivity index (χ0n) is 7.38. The molecule has 0 aromatic heterocycles. The minimum atomic E-state index is -4.45. The third-order valence-electron chi connectivity index (χ3n) is 1.53. The van der Waals surface area contributed by atoms with E-state index in [1.54, 1.807) is 24.3 Å². The summed E-state index contributed by atoms with van der Waals surface area (Å²) >= 11 is 0.